The molecule has 1 saturated heterocycles. The maximum absolute atomic E-state index is 8.37. The average molecular weight is 184 g/mol. The molecular formula is C10H20N2O. The summed E-state index contributed by atoms with van der Waals surface area (Å²) >= 11 is 0. The zero-order valence-electron chi connectivity index (χ0n) is 8.82. The maximum Gasteiger partial charge on any atom is 0.130 e. The van der Waals surface area contributed by atoms with Crippen molar-refractivity contribution in [1.29, 1.82) is 0 Å². The van der Waals surface area contributed by atoms with Crippen LogP contribution in [0.3, 0.4) is 0 Å². The molecule has 1 N–H and O–H groups in total. The van der Waals surface area contributed by atoms with Crippen LogP contribution in [0.25, 0.3) is 0 Å². The van der Waals surface area contributed by atoms with E-state index in [4.69, 9.17) is 5.21 Å². The van der Waals surface area contributed by atoms with Gasteiger partial charge in [0.1, 0.15) is 6.34 Å². The van der Waals surface area contributed by atoms with E-state index in [0.29, 0.717) is 5.41 Å². The van der Waals surface area contributed by atoms with E-state index in [2.05, 4.69) is 30.8 Å². The number of oxime groups is 1. The van der Waals surface area contributed by atoms with Crippen LogP contribution in [0.4, 0.5) is 0 Å². The number of hydrogen-bond acceptors (Lipinski definition) is 2. The lowest BCUT2D eigenvalue weighted by atomic mass is 9.75. The second-order valence-corrected chi connectivity index (χ2v) is 4.91. The Labute approximate surface area is 80.4 Å². The Balaban J connectivity index is 2.39. The molecule has 0 aliphatic carbocycles. The Morgan fingerprint density at radius 1 is 1.31 bits per heavy atom. The number of nitrogens with zero attached hydrogens (tertiary/aromatic N) is 2. The van der Waals surface area contributed by atoms with E-state index in [1.165, 1.54) is 19.2 Å². The molecule has 0 aromatic carbocycles. The largest absolute Gasteiger partial charge is 0.410 e. The first-order chi connectivity index (χ1) is 6.04. The van der Waals surface area contributed by atoms with E-state index in [1.54, 1.807) is 0 Å². The molecule has 1 aliphatic rings. The molecule has 1 fully saturated rings. The lowest BCUT2D eigenvalue weighted by Crippen LogP contribution is -2.37. The van der Waals surface area contributed by atoms with Crippen LogP contribution in [0.15, 0.2) is 5.16 Å². The molecule has 1 heterocycles. The summed E-state index contributed by atoms with van der Waals surface area (Å²) in [5.41, 5.74) is 0.419. The van der Waals surface area contributed by atoms with Crippen molar-refractivity contribution < 1.29 is 5.21 Å². The average Bonchev–Trinajstić information content (AvgIpc) is 2.04. The highest BCUT2D eigenvalue weighted by atomic mass is 16.4. The fraction of sp³-hybridized carbons (Fsp3) is 0.900. The smallest absolute Gasteiger partial charge is 0.130 e. The van der Waals surface area contributed by atoms with Crippen LogP contribution in [-0.4, -0.2) is 29.5 Å². The van der Waals surface area contributed by atoms with Crippen molar-refractivity contribution in [2.24, 2.45) is 16.5 Å². The summed E-state index contributed by atoms with van der Waals surface area (Å²) in [6.45, 7) is 8.94. The maximum atomic E-state index is 8.37. The van der Waals surface area contributed by atoms with Crippen molar-refractivity contribution >= 4 is 6.34 Å². The molecule has 0 saturated carbocycles. The molecule has 1 aliphatic heterocycles. The Morgan fingerprint density at radius 3 is 2.23 bits per heavy atom. The zero-order chi connectivity index (χ0) is 9.90. The van der Waals surface area contributed by atoms with Crippen molar-refractivity contribution in [3.8, 4) is 0 Å². The Morgan fingerprint density at radius 2 is 1.85 bits per heavy atom. The molecule has 3 nitrogen and oxygen atoms in total. The van der Waals surface area contributed by atoms with E-state index in [0.717, 1.165) is 19.0 Å². The van der Waals surface area contributed by atoms with Crippen molar-refractivity contribution in [3.05, 3.63) is 0 Å². The summed E-state index contributed by atoms with van der Waals surface area (Å²) in [4.78, 5) is 2.07. The second-order valence-electron chi connectivity index (χ2n) is 4.91. The van der Waals surface area contributed by atoms with Crippen LogP contribution in [-0.2, 0) is 0 Å². The number of piperidine rings is 1. The van der Waals surface area contributed by atoms with Crippen LogP contribution >= 0.6 is 0 Å². The SMILES string of the molecule is CC(C)(C)C1CCN(C=NO)CC1. The van der Waals surface area contributed by atoms with Gasteiger partial charge in [-0.25, -0.2) is 0 Å². The van der Waals surface area contributed by atoms with E-state index >= 15 is 0 Å². The molecule has 1 rings (SSSR count). The van der Waals surface area contributed by atoms with E-state index in [1.807, 2.05) is 0 Å². The predicted octanol–water partition coefficient (Wildman–Crippen LogP) is 2.16. The fourth-order valence-electron chi connectivity index (χ4n) is 1.95. The summed E-state index contributed by atoms with van der Waals surface area (Å²) in [6, 6.07) is 0. The van der Waals surface area contributed by atoms with Crippen molar-refractivity contribution in [2.75, 3.05) is 13.1 Å². The monoisotopic (exact) mass is 184 g/mol. The lowest BCUT2D eigenvalue weighted by molar-refractivity contribution is 0.149. The number of likely N-dealkylation sites (tertiary alicyclic amines) is 1. The second kappa shape index (κ2) is 3.99. The minimum absolute atomic E-state index is 0.419. The van der Waals surface area contributed by atoms with Crippen LogP contribution in [0, 0.1) is 11.3 Å². The van der Waals surface area contributed by atoms with Crippen LogP contribution < -0.4 is 0 Å². The van der Waals surface area contributed by atoms with Crippen molar-refractivity contribution in [3.63, 3.8) is 0 Å². The van der Waals surface area contributed by atoms with E-state index in [9.17, 15) is 0 Å². The van der Waals surface area contributed by atoms with Gasteiger partial charge in [0.05, 0.1) is 0 Å². The van der Waals surface area contributed by atoms with E-state index < -0.39 is 0 Å². The van der Waals surface area contributed by atoms with Gasteiger partial charge in [0, 0.05) is 13.1 Å². The summed E-state index contributed by atoms with van der Waals surface area (Å²) < 4.78 is 0. The Bertz CT molecular complexity index is 176. The summed E-state index contributed by atoms with van der Waals surface area (Å²) in [5.74, 6) is 0.802. The number of rotatable bonds is 1. The third-order valence-electron chi connectivity index (χ3n) is 2.97. The van der Waals surface area contributed by atoms with E-state index in [-0.39, 0.29) is 0 Å². The van der Waals surface area contributed by atoms with Crippen LogP contribution in [0.2, 0.25) is 0 Å². The molecule has 0 amide bonds. The van der Waals surface area contributed by atoms with Gasteiger partial charge in [0.15, 0.2) is 0 Å². The summed E-state index contributed by atoms with van der Waals surface area (Å²) in [5, 5.41) is 11.4. The van der Waals surface area contributed by atoms with Crippen LogP contribution in [0.5, 0.6) is 0 Å². The topological polar surface area (TPSA) is 35.8 Å². The first-order valence-corrected chi connectivity index (χ1v) is 4.95. The van der Waals surface area contributed by atoms with Crippen molar-refractivity contribution in [2.45, 2.75) is 33.6 Å². The molecule has 0 aromatic rings. The summed E-state index contributed by atoms with van der Waals surface area (Å²) in [6.07, 6.45) is 3.93. The molecule has 0 spiro atoms. The lowest BCUT2D eigenvalue weighted by Gasteiger charge is -2.37. The van der Waals surface area contributed by atoms with Gasteiger partial charge >= 0.3 is 0 Å². The van der Waals surface area contributed by atoms with Crippen LogP contribution in [0.1, 0.15) is 33.6 Å². The normalized spacial score (nSPS) is 21.3. The molecular weight excluding hydrogens is 164 g/mol. The Hall–Kier alpha value is -0.730. The molecule has 0 bridgehead atoms. The third-order valence-corrected chi connectivity index (χ3v) is 2.97. The standard InChI is InChI=1S/C10H20N2O/c1-10(2,3)9-4-6-12(7-5-9)8-11-13/h8-9,13H,4-7H2,1-3H3. The zero-order valence-corrected chi connectivity index (χ0v) is 8.82. The molecule has 0 atom stereocenters. The van der Waals surface area contributed by atoms with Gasteiger partial charge in [-0.1, -0.05) is 25.9 Å². The van der Waals surface area contributed by atoms with Gasteiger partial charge in [0.25, 0.3) is 0 Å². The fourth-order valence-corrected chi connectivity index (χ4v) is 1.95. The van der Waals surface area contributed by atoms with Crippen molar-refractivity contribution in [1.82, 2.24) is 4.90 Å². The number of hydrogen-bond donors (Lipinski definition) is 1. The molecule has 0 aromatic heterocycles. The highest BCUT2D eigenvalue weighted by Gasteiger charge is 2.27. The van der Waals surface area contributed by atoms with Gasteiger partial charge in [-0.05, 0) is 24.2 Å². The third kappa shape index (κ3) is 2.90. The quantitative estimate of drug-likeness (QED) is 0.293. The van der Waals surface area contributed by atoms with Gasteiger partial charge in [-0.2, -0.15) is 0 Å². The predicted molar refractivity (Wildman–Crippen MR) is 54.0 cm³/mol. The molecule has 3 heteroatoms. The molecule has 76 valence electrons. The highest BCUT2D eigenvalue weighted by molar-refractivity contribution is 5.53. The molecule has 0 unspecified atom stereocenters. The van der Waals surface area contributed by atoms with Gasteiger partial charge in [-0.3, -0.25) is 0 Å². The highest BCUT2D eigenvalue weighted by Crippen LogP contribution is 2.33. The molecule has 13 heavy (non-hydrogen) atoms. The first kappa shape index (κ1) is 10.4. The Kier molecular flexibility index (Phi) is 3.17. The molecule has 0 radical (unpaired) electrons. The van der Waals surface area contributed by atoms with Gasteiger partial charge in [0.2, 0.25) is 0 Å². The summed E-state index contributed by atoms with van der Waals surface area (Å²) in [7, 11) is 0. The minimum Gasteiger partial charge on any atom is -0.410 e. The van der Waals surface area contributed by atoms with Gasteiger partial charge < -0.3 is 10.1 Å². The van der Waals surface area contributed by atoms with Gasteiger partial charge in [-0.15, -0.1) is 0 Å². The minimum atomic E-state index is 0.419. The first-order valence-electron chi connectivity index (χ1n) is 4.95.